The topological polar surface area (TPSA) is 41.1 Å². The molecule has 2 aliphatic rings. The average molecular weight is 281 g/mol. The predicted molar refractivity (Wildman–Crippen MR) is 78.8 cm³/mol. The summed E-state index contributed by atoms with van der Waals surface area (Å²) in [5.74, 6) is 0.931. The zero-order chi connectivity index (χ0) is 12.4. The van der Waals surface area contributed by atoms with Gasteiger partial charge in [-0.3, -0.25) is 4.79 Å². The molecule has 0 spiro atoms. The van der Waals surface area contributed by atoms with Crippen LogP contribution in [0.3, 0.4) is 0 Å². The molecule has 104 valence electrons. The molecule has 1 aromatic rings. The van der Waals surface area contributed by atoms with Gasteiger partial charge in [-0.25, -0.2) is 0 Å². The smallest absolute Gasteiger partial charge is 0.224 e. The number of nitrogens with one attached hydrogen (secondary N) is 2. The molecule has 1 amide bonds. The molecule has 1 aliphatic carbocycles. The van der Waals surface area contributed by atoms with E-state index in [-0.39, 0.29) is 18.3 Å². The number of rotatable bonds is 4. The summed E-state index contributed by atoms with van der Waals surface area (Å²) in [5, 5.41) is 6.33. The maximum absolute atomic E-state index is 11.9. The van der Waals surface area contributed by atoms with Crippen LogP contribution in [0.5, 0.6) is 0 Å². The van der Waals surface area contributed by atoms with E-state index in [9.17, 15) is 4.79 Å². The van der Waals surface area contributed by atoms with Gasteiger partial charge in [0.2, 0.25) is 5.91 Å². The quantitative estimate of drug-likeness (QED) is 0.886. The first-order valence-corrected chi connectivity index (χ1v) is 6.90. The lowest BCUT2D eigenvalue weighted by molar-refractivity contribution is -0.121. The Hall–Kier alpha value is -1.06. The molecule has 1 aromatic carbocycles. The molecule has 1 saturated carbocycles. The highest BCUT2D eigenvalue weighted by Gasteiger charge is 2.23. The Kier molecular flexibility index (Phi) is 4.83. The minimum absolute atomic E-state index is 0. The lowest BCUT2D eigenvalue weighted by Gasteiger charge is -2.11. The van der Waals surface area contributed by atoms with Crippen molar-refractivity contribution in [3.8, 4) is 0 Å². The van der Waals surface area contributed by atoms with Crippen molar-refractivity contribution in [1.29, 1.82) is 0 Å². The summed E-state index contributed by atoms with van der Waals surface area (Å²) in [5.41, 5.74) is 2.54. The molecular formula is C15H21ClN2O. The summed E-state index contributed by atoms with van der Waals surface area (Å²) in [6.45, 7) is 1.92. The fourth-order valence-corrected chi connectivity index (χ4v) is 2.57. The van der Waals surface area contributed by atoms with Gasteiger partial charge < -0.3 is 10.6 Å². The molecule has 19 heavy (non-hydrogen) atoms. The molecule has 2 N–H and O–H groups in total. The van der Waals surface area contributed by atoms with E-state index in [2.05, 4.69) is 34.9 Å². The lowest BCUT2D eigenvalue weighted by Crippen LogP contribution is -2.37. The zero-order valence-corrected chi connectivity index (χ0v) is 11.8. The van der Waals surface area contributed by atoms with Crippen LogP contribution in [-0.2, 0) is 11.2 Å². The normalized spacial score (nSPS) is 21.8. The number of benzene rings is 1. The minimum Gasteiger partial charge on any atom is -0.352 e. The van der Waals surface area contributed by atoms with Crippen LogP contribution < -0.4 is 10.6 Å². The molecular weight excluding hydrogens is 260 g/mol. The van der Waals surface area contributed by atoms with Crippen molar-refractivity contribution in [3.63, 3.8) is 0 Å². The van der Waals surface area contributed by atoms with Crippen molar-refractivity contribution >= 4 is 18.3 Å². The molecule has 1 heterocycles. The third kappa shape index (κ3) is 3.95. The zero-order valence-electron chi connectivity index (χ0n) is 11.0. The number of carbonyl (C=O) groups is 1. The van der Waals surface area contributed by atoms with Gasteiger partial charge in [0.1, 0.15) is 0 Å². The first kappa shape index (κ1) is 14.4. The number of hydrogen-bond donors (Lipinski definition) is 2. The molecule has 0 radical (unpaired) electrons. The van der Waals surface area contributed by atoms with Crippen molar-refractivity contribution in [2.45, 2.75) is 37.6 Å². The maximum atomic E-state index is 11.9. The van der Waals surface area contributed by atoms with Gasteiger partial charge in [0, 0.05) is 12.6 Å². The first-order chi connectivity index (χ1) is 8.81. The molecule has 1 unspecified atom stereocenters. The predicted octanol–water partition coefficient (Wildman–Crippen LogP) is 2.01. The third-order valence-corrected chi connectivity index (χ3v) is 3.82. The average Bonchev–Trinajstić information content (AvgIpc) is 3.09. The second kappa shape index (κ2) is 6.40. The molecule has 3 nitrogen and oxygen atoms in total. The summed E-state index contributed by atoms with van der Waals surface area (Å²) < 4.78 is 0. The fraction of sp³-hybridized carbons (Fsp3) is 0.533. The summed E-state index contributed by atoms with van der Waals surface area (Å²) in [4.78, 5) is 11.9. The highest BCUT2D eigenvalue weighted by atomic mass is 35.5. The molecule has 4 heteroatoms. The van der Waals surface area contributed by atoms with Crippen LogP contribution in [0.25, 0.3) is 0 Å². The standard InChI is InChI=1S/C15H20N2O.ClH/c18-15(17-14-7-8-16-10-14)9-11-1-3-12(4-2-11)13-5-6-13;/h1-4,13-14,16H,5-10H2,(H,17,18);1H. The summed E-state index contributed by atoms with van der Waals surface area (Å²) in [6, 6.07) is 8.87. The van der Waals surface area contributed by atoms with Gasteiger partial charge in [0.05, 0.1) is 6.42 Å². The highest BCUT2D eigenvalue weighted by Crippen LogP contribution is 2.39. The van der Waals surface area contributed by atoms with Gasteiger partial charge in [-0.05, 0) is 42.9 Å². The van der Waals surface area contributed by atoms with Crippen LogP contribution >= 0.6 is 12.4 Å². The molecule has 2 fully saturated rings. The van der Waals surface area contributed by atoms with E-state index in [1.165, 1.54) is 18.4 Å². The Morgan fingerprint density at radius 2 is 1.95 bits per heavy atom. The second-order valence-electron chi connectivity index (χ2n) is 5.45. The van der Waals surface area contributed by atoms with Gasteiger partial charge in [0.25, 0.3) is 0 Å². The molecule has 1 saturated heterocycles. The highest BCUT2D eigenvalue weighted by molar-refractivity contribution is 5.85. The monoisotopic (exact) mass is 280 g/mol. The molecule has 3 rings (SSSR count). The largest absolute Gasteiger partial charge is 0.352 e. The van der Waals surface area contributed by atoms with Crippen LogP contribution in [-0.4, -0.2) is 25.0 Å². The van der Waals surface area contributed by atoms with E-state index in [4.69, 9.17) is 0 Å². The molecule has 0 bridgehead atoms. The number of carbonyl (C=O) groups excluding carboxylic acids is 1. The SMILES string of the molecule is Cl.O=C(Cc1ccc(C2CC2)cc1)NC1CCNC1. The van der Waals surface area contributed by atoms with Crippen LogP contribution in [0.1, 0.15) is 36.3 Å². The van der Waals surface area contributed by atoms with Gasteiger partial charge in [-0.15, -0.1) is 12.4 Å². The van der Waals surface area contributed by atoms with Crippen molar-refractivity contribution < 1.29 is 4.79 Å². The summed E-state index contributed by atoms with van der Waals surface area (Å²) >= 11 is 0. The van der Waals surface area contributed by atoms with Gasteiger partial charge in [-0.2, -0.15) is 0 Å². The number of halogens is 1. The van der Waals surface area contributed by atoms with Crippen LogP contribution in [0.15, 0.2) is 24.3 Å². The Morgan fingerprint density at radius 3 is 2.53 bits per heavy atom. The van der Waals surface area contributed by atoms with Crippen LogP contribution in [0, 0.1) is 0 Å². The minimum atomic E-state index is 0. The first-order valence-electron chi connectivity index (χ1n) is 6.90. The lowest BCUT2D eigenvalue weighted by atomic mass is 10.1. The Bertz CT molecular complexity index is 422. The molecule has 1 atom stereocenters. The van der Waals surface area contributed by atoms with E-state index < -0.39 is 0 Å². The van der Waals surface area contributed by atoms with E-state index in [1.807, 2.05) is 0 Å². The third-order valence-electron chi connectivity index (χ3n) is 3.82. The Balaban J connectivity index is 0.00000133. The second-order valence-corrected chi connectivity index (χ2v) is 5.45. The van der Waals surface area contributed by atoms with E-state index >= 15 is 0 Å². The summed E-state index contributed by atoms with van der Waals surface area (Å²) in [7, 11) is 0. The Labute approximate surface area is 120 Å². The maximum Gasteiger partial charge on any atom is 0.224 e. The van der Waals surface area contributed by atoms with Gasteiger partial charge in [-0.1, -0.05) is 24.3 Å². The van der Waals surface area contributed by atoms with Crippen molar-refractivity contribution in [1.82, 2.24) is 10.6 Å². The van der Waals surface area contributed by atoms with E-state index in [1.54, 1.807) is 0 Å². The van der Waals surface area contributed by atoms with Crippen LogP contribution in [0.2, 0.25) is 0 Å². The summed E-state index contributed by atoms with van der Waals surface area (Å²) in [6.07, 6.45) is 4.21. The fourth-order valence-electron chi connectivity index (χ4n) is 2.57. The Morgan fingerprint density at radius 1 is 1.21 bits per heavy atom. The van der Waals surface area contributed by atoms with Crippen molar-refractivity contribution in [2.75, 3.05) is 13.1 Å². The molecule has 1 aliphatic heterocycles. The molecule has 0 aromatic heterocycles. The number of amides is 1. The van der Waals surface area contributed by atoms with E-state index in [0.717, 1.165) is 31.0 Å². The van der Waals surface area contributed by atoms with Gasteiger partial charge in [0.15, 0.2) is 0 Å². The van der Waals surface area contributed by atoms with E-state index in [0.29, 0.717) is 12.5 Å². The van der Waals surface area contributed by atoms with Crippen LogP contribution in [0.4, 0.5) is 0 Å². The van der Waals surface area contributed by atoms with Crippen molar-refractivity contribution in [3.05, 3.63) is 35.4 Å². The number of hydrogen-bond acceptors (Lipinski definition) is 2. The van der Waals surface area contributed by atoms with Gasteiger partial charge >= 0.3 is 0 Å². The van der Waals surface area contributed by atoms with Crippen molar-refractivity contribution in [2.24, 2.45) is 0 Å².